The molecule has 2 rings (SSSR count). The molecule has 0 heterocycles. The van der Waals surface area contributed by atoms with Crippen LogP contribution in [0.1, 0.15) is 29.3 Å². The molecule has 0 aliphatic rings. The molecule has 1 amide bonds. The maximum atomic E-state index is 11.0. The van der Waals surface area contributed by atoms with Gasteiger partial charge in [0.25, 0.3) is 0 Å². The fourth-order valence-electron chi connectivity index (χ4n) is 2.00. The monoisotopic (exact) mass is 287 g/mol. The Balaban J connectivity index is 2.24. The normalized spacial score (nSPS) is 10.3. The lowest BCUT2D eigenvalue weighted by molar-refractivity contribution is 0.100. The third-order valence-corrected chi connectivity index (χ3v) is 3.01. The van der Waals surface area contributed by atoms with Crippen molar-refractivity contribution in [2.75, 3.05) is 0 Å². The summed E-state index contributed by atoms with van der Waals surface area (Å²) in [6.07, 6.45) is 1.67. The molecule has 0 bridgehead atoms. The fraction of sp³-hybridized carbons (Fsp3) is 0.188. The number of phenols is 2. The number of benzene rings is 2. The van der Waals surface area contributed by atoms with E-state index in [9.17, 15) is 15.0 Å². The van der Waals surface area contributed by atoms with Gasteiger partial charge in [-0.2, -0.15) is 0 Å². The van der Waals surface area contributed by atoms with Crippen molar-refractivity contribution >= 4 is 5.91 Å². The molecule has 0 saturated carbocycles. The van der Waals surface area contributed by atoms with Crippen molar-refractivity contribution in [3.05, 3.63) is 47.5 Å². The Morgan fingerprint density at radius 2 is 1.71 bits per heavy atom. The summed E-state index contributed by atoms with van der Waals surface area (Å²) in [5, 5.41) is 19.9. The van der Waals surface area contributed by atoms with Gasteiger partial charge in [0.15, 0.2) is 11.5 Å². The standard InChI is InChI=1S/C16H17NO4/c1-2-3-10-8-13(18)15(14(19)9-10)21-12-6-4-11(5-7-12)16(17)20/h4-9,18-19H,2-3H2,1H3,(H2,17,20). The molecule has 0 radical (unpaired) electrons. The molecule has 0 aliphatic heterocycles. The van der Waals surface area contributed by atoms with E-state index >= 15 is 0 Å². The predicted molar refractivity (Wildman–Crippen MR) is 78.8 cm³/mol. The number of carbonyl (C=O) groups is 1. The number of rotatable bonds is 5. The number of amides is 1. The van der Waals surface area contributed by atoms with Crippen LogP contribution in [0.3, 0.4) is 0 Å². The van der Waals surface area contributed by atoms with Crippen molar-refractivity contribution in [2.24, 2.45) is 5.73 Å². The van der Waals surface area contributed by atoms with E-state index in [0.29, 0.717) is 11.3 Å². The van der Waals surface area contributed by atoms with Crippen LogP contribution >= 0.6 is 0 Å². The Hall–Kier alpha value is -2.69. The third kappa shape index (κ3) is 3.45. The van der Waals surface area contributed by atoms with E-state index in [4.69, 9.17) is 10.5 Å². The maximum absolute atomic E-state index is 11.0. The van der Waals surface area contributed by atoms with Gasteiger partial charge in [0.05, 0.1) is 0 Å². The highest BCUT2D eigenvalue weighted by Gasteiger charge is 2.12. The molecule has 4 N–H and O–H groups in total. The summed E-state index contributed by atoms with van der Waals surface area (Å²) in [4.78, 5) is 11.0. The Kier molecular flexibility index (Phi) is 4.33. The zero-order valence-corrected chi connectivity index (χ0v) is 11.7. The fourth-order valence-corrected chi connectivity index (χ4v) is 2.00. The van der Waals surface area contributed by atoms with Crippen molar-refractivity contribution in [1.82, 2.24) is 0 Å². The van der Waals surface area contributed by atoms with Crippen molar-refractivity contribution in [3.8, 4) is 23.0 Å². The molecule has 0 atom stereocenters. The van der Waals surface area contributed by atoms with Gasteiger partial charge in [-0.25, -0.2) is 0 Å². The maximum Gasteiger partial charge on any atom is 0.248 e. The minimum absolute atomic E-state index is 0.0123. The number of phenolic OH excluding ortho intramolecular Hbond substituents is 2. The highest BCUT2D eigenvalue weighted by Crippen LogP contribution is 2.40. The first-order chi connectivity index (χ1) is 10.0. The Morgan fingerprint density at radius 3 is 2.19 bits per heavy atom. The molecular formula is C16H17NO4. The number of hydrogen-bond donors (Lipinski definition) is 3. The van der Waals surface area contributed by atoms with Crippen molar-refractivity contribution in [1.29, 1.82) is 0 Å². The molecule has 2 aromatic rings. The molecule has 110 valence electrons. The van der Waals surface area contributed by atoms with Gasteiger partial charge in [0, 0.05) is 5.56 Å². The van der Waals surface area contributed by atoms with Crippen LogP contribution in [0.25, 0.3) is 0 Å². The zero-order valence-electron chi connectivity index (χ0n) is 11.7. The Labute approximate surface area is 122 Å². The molecule has 0 unspecified atom stereocenters. The summed E-state index contributed by atoms with van der Waals surface area (Å²) < 4.78 is 5.46. The Bertz CT molecular complexity index is 627. The van der Waals surface area contributed by atoms with Gasteiger partial charge in [-0.1, -0.05) is 13.3 Å². The van der Waals surface area contributed by atoms with Gasteiger partial charge >= 0.3 is 0 Å². The quantitative estimate of drug-likeness (QED) is 0.788. The summed E-state index contributed by atoms with van der Waals surface area (Å²) >= 11 is 0. The number of carbonyl (C=O) groups excluding carboxylic acids is 1. The molecule has 0 aliphatic carbocycles. The SMILES string of the molecule is CCCc1cc(O)c(Oc2ccc(C(N)=O)cc2)c(O)c1. The van der Waals surface area contributed by atoms with Gasteiger partial charge in [0.2, 0.25) is 11.7 Å². The highest BCUT2D eigenvalue weighted by molar-refractivity contribution is 5.92. The van der Waals surface area contributed by atoms with Gasteiger partial charge in [-0.05, 0) is 48.4 Å². The lowest BCUT2D eigenvalue weighted by atomic mass is 10.1. The van der Waals surface area contributed by atoms with Crippen LogP contribution in [-0.2, 0) is 6.42 Å². The average Bonchev–Trinajstić information content (AvgIpc) is 2.44. The van der Waals surface area contributed by atoms with Gasteiger partial charge < -0.3 is 20.7 Å². The smallest absolute Gasteiger partial charge is 0.248 e. The minimum atomic E-state index is -0.531. The lowest BCUT2D eigenvalue weighted by Gasteiger charge is -2.11. The van der Waals surface area contributed by atoms with Crippen LogP contribution in [0.5, 0.6) is 23.0 Å². The number of primary amides is 1. The van der Waals surface area contributed by atoms with E-state index in [1.165, 1.54) is 12.1 Å². The van der Waals surface area contributed by atoms with Gasteiger partial charge in [-0.15, -0.1) is 0 Å². The van der Waals surface area contributed by atoms with Crippen LogP contribution in [0.4, 0.5) is 0 Å². The van der Waals surface area contributed by atoms with Crippen molar-refractivity contribution in [2.45, 2.75) is 19.8 Å². The number of aryl methyl sites for hydroxylation is 1. The molecule has 0 aromatic heterocycles. The molecular weight excluding hydrogens is 270 g/mol. The number of hydrogen-bond acceptors (Lipinski definition) is 4. The highest BCUT2D eigenvalue weighted by atomic mass is 16.5. The van der Waals surface area contributed by atoms with E-state index in [2.05, 4.69) is 0 Å². The van der Waals surface area contributed by atoms with Crippen molar-refractivity contribution in [3.63, 3.8) is 0 Å². The second kappa shape index (κ2) is 6.17. The second-order valence-corrected chi connectivity index (χ2v) is 4.70. The first-order valence-corrected chi connectivity index (χ1v) is 6.63. The molecule has 21 heavy (non-hydrogen) atoms. The largest absolute Gasteiger partial charge is 0.504 e. The topological polar surface area (TPSA) is 92.8 Å². The summed E-state index contributed by atoms with van der Waals surface area (Å²) in [6.45, 7) is 2.01. The summed E-state index contributed by atoms with van der Waals surface area (Å²) in [6, 6.07) is 9.24. The van der Waals surface area contributed by atoms with Crippen LogP contribution in [0, 0.1) is 0 Å². The Morgan fingerprint density at radius 1 is 1.14 bits per heavy atom. The predicted octanol–water partition coefficient (Wildman–Crippen LogP) is 2.94. The lowest BCUT2D eigenvalue weighted by Crippen LogP contribution is -2.10. The zero-order chi connectivity index (χ0) is 15.4. The van der Waals surface area contributed by atoms with Crippen LogP contribution in [0.15, 0.2) is 36.4 Å². The summed E-state index contributed by atoms with van der Waals surface area (Å²) in [5.41, 5.74) is 6.34. The summed E-state index contributed by atoms with van der Waals surface area (Å²) in [5.74, 6) is -0.415. The van der Waals surface area contributed by atoms with E-state index < -0.39 is 5.91 Å². The molecule has 0 fully saturated rings. The van der Waals surface area contributed by atoms with Crippen LogP contribution in [0.2, 0.25) is 0 Å². The molecule has 5 heteroatoms. The minimum Gasteiger partial charge on any atom is -0.504 e. The molecule has 0 spiro atoms. The second-order valence-electron chi connectivity index (χ2n) is 4.70. The molecule has 2 aromatic carbocycles. The van der Waals surface area contributed by atoms with Gasteiger partial charge in [-0.3, -0.25) is 4.79 Å². The number of nitrogens with two attached hydrogens (primary N) is 1. The number of aromatic hydroxyl groups is 2. The third-order valence-electron chi connectivity index (χ3n) is 3.01. The van der Waals surface area contributed by atoms with Gasteiger partial charge in [0.1, 0.15) is 5.75 Å². The van der Waals surface area contributed by atoms with E-state index in [1.807, 2.05) is 6.92 Å². The first kappa shape index (κ1) is 14.7. The van der Waals surface area contributed by atoms with E-state index in [1.54, 1.807) is 24.3 Å². The molecule has 0 saturated heterocycles. The van der Waals surface area contributed by atoms with E-state index in [-0.39, 0.29) is 17.2 Å². The first-order valence-electron chi connectivity index (χ1n) is 6.63. The van der Waals surface area contributed by atoms with Crippen LogP contribution in [-0.4, -0.2) is 16.1 Å². The molecule has 5 nitrogen and oxygen atoms in total. The van der Waals surface area contributed by atoms with Crippen LogP contribution < -0.4 is 10.5 Å². The number of ether oxygens (including phenoxy) is 1. The van der Waals surface area contributed by atoms with Crippen molar-refractivity contribution < 1.29 is 19.7 Å². The summed E-state index contributed by atoms with van der Waals surface area (Å²) in [7, 11) is 0. The van der Waals surface area contributed by atoms with E-state index in [0.717, 1.165) is 18.4 Å². The average molecular weight is 287 g/mol.